The molecule has 1 fully saturated rings. The van der Waals surface area contributed by atoms with Gasteiger partial charge in [0.15, 0.2) is 6.29 Å². The van der Waals surface area contributed by atoms with Crippen LogP contribution in [0.4, 0.5) is 0 Å². The Morgan fingerprint density at radius 2 is 0.881 bits per heavy atom. The van der Waals surface area contributed by atoms with Crippen molar-refractivity contribution in [3.63, 3.8) is 0 Å². The van der Waals surface area contributed by atoms with Crippen LogP contribution in [0.25, 0.3) is 0 Å². The van der Waals surface area contributed by atoms with E-state index in [1.54, 1.807) is 0 Å². The number of aliphatic hydroxyl groups excluding tert-OH is 7. The van der Waals surface area contributed by atoms with Gasteiger partial charge in [-0.15, -0.1) is 0 Å². The standard InChI is InChI=1S/C48H95NO10/c1-3-5-7-9-11-13-15-17-18-19-20-21-22-23-24-26-28-30-32-34-36-41(52)47(57)49-39(38-58-48-46(56)45(55)44(54)42(37-50)59-48)43(53)40(51)35-33-31-29-27-25-16-14-12-10-8-6-4-2/h39-46,48,50-56H,3-38H2,1-2H3,(H,49,57)/t39-,40-,41?,42-,43+,44+,45+,46-,48+/m1/s1. The molecule has 1 unspecified atom stereocenters. The molecule has 0 radical (unpaired) electrons. The first-order valence-electron chi connectivity index (χ1n) is 24.9. The van der Waals surface area contributed by atoms with E-state index in [0.717, 1.165) is 38.5 Å². The second-order valence-corrected chi connectivity index (χ2v) is 17.9. The molecule has 0 spiro atoms. The number of unbranched alkanes of at least 4 members (excludes halogenated alkanes) is 30. The van der Waals surface area contributed by atoms with Gasteiger partial charge >= 0.3 is 0 Å². The monoisotopic (exact) mass is 846 g/mol. The van der Waals surface area contributed by atoms with Crippen molar-refractivity contribution in [2.75, 3.05) is 13.2 Å². The normalized spacial score (nSPS) is 21.7. The Morgan fingerprint density at radius 1 is 0.525 bits per heavy atom. The zero-order valence-corrected chi connectivity index (χ0v) is 38.0. The maximum Gasteiger partial charge on any atom is 0.249 e. The van der Waals surface area contributed by atoms with Crippen molar-refractivity contribution in [1.82, 2.24) is 5.32 Å². The van der Waals surface area contributed by atoms with Crippen LogP contribution in [0, 0.1) is 0 Å². The number of aliphatic hydroxyl groups is 7. The smallest absolute Gasteiger partial charge is 0.249 e. The summed E-state index contributed by atoms with van der Waals surface area (Å²) in [7, 11) is 0. The Labute approximate surface area is 360 Å². The first-order chi connectivity index (χ1) is 28.7. The first-order valence-corrected chi connectivity index (χ1v) is 24.9. The van der Waals surface area contributed by atoms with Crippen molar-refractivity contribution >= 4 is 5.91 Å². The van der Waals surface area contributed by atoms with Crippen LogP contribution in [0.1, 0.15) is 232 Å². The zero-order valence-electron chi connectivity index (χ0n) is 38.0. The molecule has 11 nitrogen and oxygen atoms in total. The lowest BCUT2D eigenvalue weighted by molar-refractivity contribution is -0.303. The molecule has 1 saturated heterocycles. The molecular weight excluding hydrogens is 751 g/mol. The molecule has 0 saturated carbocycles. The van der Waals surface area contributed by atoms with E-state index in [9.17, 15) is 40.5 Å². The van der Waals surface area contributed by atoms with Gasteiger partial charge in [-0.25, -0.2) is 0 Å². The summed E-state index contributed by atoms with van der Waals surface area (Å²) in [6, 6.07) is -1.16. The third-order valence-electron chi connectivity index (χ3n) is 12.4. The van der Waals surface area contributed by atoms with Gasteiger partial charge in [0, 0.05) is 0 Å². The molecule has 8 N–H and O–H groups in total. The molecule has 1 aliphatic rings. The van der Waals surface area contributed by atoms with E-state index in [4.69, 9.17) is 9.47 Å². The second kappa shape index (κ2) is 38.8. The predicted octanol–water partition coefficient (Wildman–Crippen LogP) is 8.67. The van der Waals surface area contributed by atoms with Crippen LogP contribution in [0.15, 0.2) is 0 Å². The average molecular weight is 846 g/mol. The summed E-state index contributed by atoms with van der Waals surface area (Å²) >= 11 is 0. The van der Waals surface area contributed by atoms with Gasteiger partial charge in [0.1, 0.15) is 36.6 Å². The van der Waals surface area contributed by atoms with Gasteiger partial charge in [0.05, 0.1) is 25.4 Å². The van der Waals surface area contributed by atoms with Crippen molar-refractivity contribution in [2.24, 2.45) is 0 Å². The van der Waals surface area contributed by atoms with Gasteiger partial charge in [-0.3, -0.25) is 4.79 Å². The highest BCUT2D eigenvalue weighted by Crippen LogP contribution is 2.23. The fraction of sp³-hybridized carbons (Fsp3) is 0.979. The van der Waals surface area contributed by atoms with E-state index in [1.807, 2.05) is 0 Å². The highest BCUT2D eigenvalue weighted by Gasteiger charge is 2.44. The summed E-state index contributed by atoms with van der Waals surface area (Å²) in [5.74, 6) is -0.693. The Morgan fingerprint density at radius 3 is 1.25 bits per heavy atom. The molecule has 1 amide bonds. The number of hydrogen-bond acceptors (Lipinski definition) is 10. The fourth-order valence-electron chi connectivity index (χ4n) is 8.27. The quantitative estimate of drug-likeness (QED) is 0.0276. The second-order valence-electron chi connectivity index (χ2n) is 17.9. The van der Waals surface area contributed by atoms with Gasteiger partial charge in [0.2, 0.25) is 5.91 Å². The minimum Gasteiger partial charge on any atom is -0.394 e. The highest BCUT2D eigenvalue weighted by atomic mass is 16.7. The zero-order chi connectivity index (χ0) is 43.4. The van der Waals surface area contributed by atoms with Gasteiger partial charge < -0.3 is 50.5 Å². The van der Waals surface area contributed by atoms with Crippen LogP contribution >= 0.6 is 0 Å². The molecule has 0 aliphatic carbocycles. The molecule has 1 aliphatic heterocycles. The number of carbonyl (C=O) groups is 1. The average Bonchev–Trinajstić information content (AvgIpc) is 3.23. The van der Waals surface area contributed by atoms with Gasteiger partial charge in [-0.2, -0.15) is 0 Å². The summed E-state index contributed by atoms with van der Waals surface area (Å²) in [6.45, 7) is 3.45. The number of rotatable bonds is 42. The maximum atomic E-state index is 13.1. The summed E-state index contributed by atoms with van der Waals surface area (Å²) in [5.41, 5.74) is 0. The van der Waals surface area contributed by atoms with E-state index in [-0.39, 0.29) is 6.42 Å². The lowest BCUT2D eigenvalue weighted by Crippen LogP contribution is -2.60. The summed E-state index contributed by atoms with van der Waals surface area (Å²) in [5, 5.41) is 75.7. The van der Waals surface area contributed by atoms with Gasteiger partial charge in [0.25, 0.3) is 0 Å². The Hall–Kier alpha value is -0.890. The van der Waals surface area contributed by atoms with E-state index in [0.29, 0.717) is 19.3 Å². The van der Waals surface area contributed by atoms with Crippen LogP contribution in [-0.4, -0.2) is 110 Å². The van der Waals surface area contributed by atoms with Gasteiger partial charge in [-0.1, -0.05) is 219 Å². The van der Waals surface area contributed by atoms with E-state index < -0.39 is 74.2 Å². The number of amides is 1. The van der Waals surface area contributed by atoms with Crippen LogP contribution in [0.3, 0.4) is 0 Å². The molecule has 0 aromatic heterocycles. The van der Waals surface area contributed by atoms with Crippen molar-refractivity contribution in [3.8, 4) is 0 Å². The molecule has 0 aromatic rings. The largest absolute Gasteiger partial charge is 0.394 e. The fourth-order valence-corrected chi connectivity index (χ4v) is 8.27. The van der Waals surface area contributed by atoms with Crippen LogP contribution in [0.2, 0.25) is 0 Å². The SMILES string of the molecule is CCCCCCCCCCCCCCCCCCCCCCC(O)C(=O)N[C@H](CO[C@H]1O[C@H](CO)[C@H](O)[C@H](O)[C@H]1O)[C@H](O)[C@H](O)CCCCCCCCCCCCCC. The Balaban J connectivity index is 2.37. The Kier molecular flexibility index (Phi) is 36.9. The van der Waals surface area contributed by atoms with Crippen molar-refractivity contribution < 1.29 is 50.0 Å². The third-order valence-corrected chi connectivity index (χ3v) is 12.4. The maximum absolute atomic E-state index is 13.1. The topological polar surface area (TPSA) is 189 Å². The number of ether oxygens (including phenoxy) is 2. The number of nitrogens with one attached hydrogen (secondary N) is 1. The van der Waals surface area contributed by atoms with E-state index >= 15 is 0 Å². The number of carbonyl (C=O) groups excluding carboxylic acids is 1. The Bertz CT molecular complexity index is 928. The molecule has 0 bridgehead atoms. The molecule has 59 heavy (non-hydrogen) atoms. The molecular formula is C48H95NO10. The van der Waals surface area contributed by atoms with E-state index in [1.165, 1.54) is 154 Å². The summed E-state index contributed by atoms with van der Waals surface area (Å²) in [6.07, 6.45) is 28.7. The van der Waals surface area contributed by atoms with Crippen LogP contribution in [-0.2, 0) is 14.3 Å². The predicted molar refractivity (Wildman–Crippen MR) is 238 cm³/mol. The van der Waals surface area contributed by atoms with Crippen molar-refractivity contribution in [2.45, 2.75) is 287 Å². The molecule has 9 atom stereocenters. The molecule has 1 rings (SSSR count). The number of hydrogen-bond donors (Lipinski definition) is 8. The summed E-state index contributed by atoms with van der Waals surface area (Å²) < 4.78 is 11.1. The van der Waals surface area contributed by atoms with Crippen LogP contribution in [0.5, 0.6) is 0 Å². The molecule has 11 heteroatoms. The first kappa shape index (κ1) is 56.1. The molecule has 0 aromatic carbocycles. The summed E-state index contributed by atoms with van der Waals surface area (Å²) in [4.78, 5) is 13.1. The molecule has 1 heterocycles. The van der Waals surface area contributed by atoms with Crippen molar-refractivity contribution in [1.29, 1.82) is 0 Å². The van der Waals surface area contributed by atoms with Crippen molar-refractivity contribution in [3.05, 3.63) is 0 Å². The van der Waals surface area contributed by atoms with E-state index in [2.05, 4.69) is 19.2 Å². The molecule has 352 valence electrons. The minimum atomic E-state index is -1.66. The third kappa shape index (κ3) is 28.4. The highest BCUT2D eigenvalue weighted by molar-refractivity contribution is 5.80. The lowest BCUT2D eigenvalue weighted by Gasteiger charge is -2.40. The van der Waals surface area contributed by atoms with Gasteiger partial charge in [-0.05, 0) is 12.8 Å². The minimum absolute atomic E-state index is 0.266. The van der Waals surface area contributed by atoms with Crippen LogP contribution < -0.4 is 5.32 Å². The lowest BCUT2D eigenvalue weighted by atomic mass is 9.98.